The molecule has 0 spiro atoms. The Bertz CT molecular complexity index is 535. The fraction of sp³-hybridized carbons (Fsp3) is 0.765. The van der Waals surface area contributed by atoms with Crippen molar-refractivity contribution in [1.29, 1.82) is 0 Å². The lowest BCUT2D eigenvalue weighted by Gasteiger charge is -2.41. The van der Waals surface area contributed by atoms with Crippen LogP contribution in [0.3, 0.4) is 0 Å². The van der Waals surface area contributed by atoms with Crippen molar-refractivity contribution >= 4 is 6.09 Å². The van der Waals surface area contributed by atoms with Gasteiger partial charge in [0.2, 0.25) is 0 Å². The topological polar surface area (TPSA) is 70.2 Å². The Kier molecular flexibility index (Phi) is 5.34. The number of hydrogen-bond acceptors (Lipinski definition) is 4. The highest BCUT2D eigenvalue weighted by Gasteiger charge is 2.34. The quantitative estimate of drug-likeness (QED) is 0.894. The third-order valence-corrected chi connectivity index (χ3v) is 4.06. The Morgan fingerprint density at radius 1 is 1.52 bits per heavy atom. The van der Waals surface area contributed by atoms with Crippen molar-refractivity contribution in [2.45, 2.75) is 59.6 Å². The zero-order chi connectivity index (χ0) is 17.1. The Labute approximate surface area is 139 Å². The van der Waals surface area contributed by atoms with Crippen molar-refractivity contribution < 1.29 is 9.53 Å². The van der Waals surface area contributed by atoms with Gasteiger partial charge in [0.05, 0.1) is 0 Å². The van der Waals surface area contributed by atoms with Gasteiger partial charge in [-0.25, -0.2) is 9.78 Å². The van der Waals surface area contributed by atoms with Crippen LogP contribution in [0.2, 0.25) is 0 Å². The summed E-state index contributed by atoms with van der Waals surface area (Å²) in [5, 5.41) is 3.48. The van der Waals surface area contributed by atoms with Gasteiger partial charge in [-0.1, -0.05) is 6.92 Å². The monoisotopic (exact) mass is 322 g/mol. The van der Waals surface area contributed by atoms with E-state index in [2.05, 4.69) is 22.2 Å². The number of aromatic nitrogens is 2. The summed E-state index contributed by atoms with van der Waals surface area (Å²) in [4.78, 5) is 21.5. The smallest absolute Gasteiger partial charge is 0.410 e. The predicted molar refractivity (Wildman–Crippen MR) is 90.2 cm³/mol. The number of H-pyrrole nitrogens is 1. The van der Waals surface area contributed by atoms with Crippen molar-refractivity contribution in [3.8, 4) is 0 Å². The molecule has 1 aliphatic heterocycles. The summed E-state index contributed by atoms with van der Waals surface area (Å²) in [6, 6.07) is 0. The molecule has 0 aromatic carbocycles. The van der Waals surface area contributed by atoms with E-state index in [0.717, 1.165) is 50.5 Å². The number of carbonyl (C=O) groups is 1. The summed E-state index contributed by atoms with van der Waals surface area (Å²) in [5.41, 5.74) is 0.720. The van der Waals surface area contributed by atoms with Crippen LogP contribution in [0.25, 0.3) is 0 Å². The van der Waals surface area contributed by atoms with E-state index in [1.165, 1.54) is 0 Å². The van der Waals surface area contributed by atoms with Crippen LogP contribution >= 0.6 is 0 Å². The average molecular weight is 322 g/mol. The van der Waals surface area contributed by atoms with Gasteiger partial charge in [-0.3, -0.25) is 0 Å². The number of imidazole rings is 1. The minimum absolute atomic E-state index is 0.0736. The molecule has 0 saturated carbocycles. The minimum atomic E-state index is -0.443. The first-order chi connectivity index (χ1) is 10.7. The van der Waals surface area contributed by atoms with Crippen LogP contribution in [0, 0.1) is 12.3 Å². The fourth-order valence-electron chi connectivity index (χ4n) is 3.00. The summed E-state index contributed by atoms with van der Waals surface area (Å²) >= 11 is 0. The number of hydrogen-bond donors (Lipinski definition) is 2. The highest BCUT2D eigenvalue weighted by molar-refractivity contribution is 5.68. The summed E-state index contributed by atoms with van der Waals surface area (Å²) < 4.78 is 5.50. The number of ether oxygens (including phenoxy) is 1. The Morgan fingerprint density at radius 2 is 2.26 bits per heavy atom. The maximum Gasteiger partial charge on any atom is 0.410 e. The van der Waals surface area contributed by atoms with Gasteiger partial charge < -0.3 is 19.9 Å². The number of carbonyl (C=O) groups excluding carboxylic acids is 1. The lowest BCUT2D eigenvalue weighted by Crippen LogP contribution is -2.50. The molecule has 0 aliphatic carbocycles. The predicted octanol–water partition coefficient (Wildman–Crippen LogP) is 2.84. The molecule has 6 heteroatoms. The highest BCUT2D eigenvalue weighted by Crippen LogP contribution is 2.29. The maximum atomic E-state index is 12.3. The summed E-state index contributed by atoms with van der Waals surface area (Å²) in [7, 11) is 0. The second-order valence-corrected chi connectivity index (χ2v) is 7.91. The van der Waals surface area contributed by atoms with Crippen LogP contribution in [0.5, 0.6) is 0 Å². The molecule has 1 aromatic rings. The van der Waals surface area contributed by atoms with Gasteiger partial charge >= 0.3 is 6.09 Å². The van der Waals surface area contributed by atoms with Gasteiger partial charge in [0.1, 0.15) is 11.4 Å². The molecule has 6 nitrogen and oxygen atoms in total. The fourth-order valence-corrected chi connectivity index (χ4v) is 3.00. The van der Waals surface area contributed by atoms with Crippen LogP contribution < -0.4 is 5.32 Å². The van der Waals surface area contributed by atoms with E-state index in [1.54, 1.807) is 0 Å². The summed E-state index contributed by atoms with van der Waals surface area (Å²) in [6.07, 6.45) is 3.79. The number of rotatable bonds is 4. The second kappa shape index (κ2) is 6.91. The third kappa shape index (κ3) is 5.53. The number of piperidine rings is 1. The van der Waals surface area contributed by atoms with Gasteiger partial charge in [0, 0.05) is 38.1 Å². The molecule has 2 heterocycles. The van der Waals surface area contributed by atoms with Crippen molar-refractivity contribution in [3.05, 3.63) is 17.7 Å². The molecule has 1 atom stereocenters. The molecule has 2 rings (SSSR count). The molecule has 1 amide bonds. The van der Waals surface area contributed by atoms with Crippen LogP contribution in [-0.4, -0.2) is 46.2 Å². The van der Waals surface area contributed by atoms with E-state index >= 15 is 0 Å². The molecule has 1 aliphatic rings. The van der Waals surface area contributed by atoms with Crippen molar-refractivity contribution in [1.82, 2.24) is 20.2 Å². The molecule has 2 N–H and O–H groups in total. The van der Waals surface area contributed by atoms with Crippen LogP contribution in [0.15, 0.2) is 6.20 Å². The van der Waals surface area contributed by atoms with E-state index in [1.807, 2.05) is 38.8 Å². The zero-order valence-electron chi connectivity index (χ0n) is 15.0. The lowest BCUT2D eigenvalue weighted by atomic mass is 9.82. The Balaban J connectivity index is 1.84. The molecule has 23 heavy (non-hydrogen) atoms. The molecule has 0 radical (unpaired) electrons. The van der Waals surface area contributed by atoms with Crippen molar-refractivity contribution in [2.24, 2.45) is 5.41 Å². The van der Waals surface area contributed by atoms with E-state index in [-0.39, 0.29) is 11.5 Å². The average Bonchev–Trinajstić information content (AvgIpc) is 2.82. The third-order valence-electron chi connectivity index (χ3n) is 4.06. The second-order valence-electron chi connectivity index (χ2n) is 7.91. The number of amides is 1. The van der Waals surface area contributed by atoms with Gasteiger partial charge in [-0.2, -0.15) is 0 Å². The van der Waals surface area contributed by atoms with E-state index in [9.17, 15) is 4.79 Å². The van der Waals surface area contributed by atoms with Crippen LogP contribution in [0.1, 0.15) is 52.1 Å². The highest BCUT2D eigenvalue weighted by atomic mass is 16.6. The lowest BCUT2D eigenvalue weighted by molar-refractivity contribution is 0.00674. The maximum absolute atomic E-state index is 12.3. The van der Waals surface area contributed by atoms with Crippen LogP contribution in [-0.2, 0) is 11.3 Å². The van der Waals surface area contributed by atoms with Gasteiger partial charge in [0.15, 0.2) is 0 Å². The standard InChI is InChI=1S/C17H30N4O2/c1-13-19-10-14(20-13)9-18-11-17(5)7-6-8-21(12-17)15(22)23-16(2,3)4/h10,18H,6-9,11-12H2,1-5H3,(H,19,20). The number of nitrogens with one attached hydrogen (secondary N) is 2. The zero-order valence-corrected chi connectivity index (χ0v) is 15.0. The number of likely N-dealkylation sites (tertiary alicyclic amines) is 1. The Morgan fingerprint density at radius 3 is 2.87 bits per heavy atom. The minimum Gasteiger partial charge on any atom is -0.444 e. The van der Waals surface area contributed by atoms with Crippen molar-refractivity contribution in [2.75, 3.05) is 19.6 Å². The first-order valence-electron chi connectivity index (χ1n) is 8.36. The van der Waals surface area contributed by atoms with E-state index in [4.69, 9.17) is 4.74 Å². The van der Waals surface area contributed by atoms with Crippen molar-refractivity contribution in [3.63, 3.8) is 0 Å². The molecule has 1 saturated heterocycles. The number of nitrogens with zero attached hydrogens (tertiary/aromatic N) is 2. The number of aryl methyl sites for hydroxylation is 1. The molecule has 1 unspecified atom stereocenters. The van der Waals surface area contributed by atoms with Gasteiger partial charge in [0.25, 0.3) is 0 Å². The number of aromatic amines is 1. The molecule has 0 bridgehead atoms. The summed E-state index contributed by atoms with van der Waals surface area (Å²) in [5.74, 6) is 0.932. The normalized spacial score (nSPS) is 22.2. The molecular weight excluding hydrogens is 292 g/mol. The molecule has 1 aromatic heterocycles. The summed E-state index contributed by atoms with van der Waals surface area (Å²) in [6.45, 7) is 13.0. The molecular formula is C17H30N4O2. The SMILES string of the molecule is Cc1ncc(CNCC2(C)CCCN(C(=O)OC(C)(C)C)C2)[nH]1. The van der Waals surface area contributed by atoms with Gasteiger partial charge in [-0.05, 0) is 46.0 Å². The first kappa shape index (κ1) is 17.8. The Hall–Kier alpha value is -1.56. The van der Waals surface area contributed by atoms with E-state index in [0.29, 0.717) is 0 Å². The van der Waals surface area contributed by atoms with Crippen LogP contribution in [0.4, 0.5) is 4.79 Å². The molecule has 130 valence electrons. The van der Waals surface area contributed by atoms with Gasteiger partial charge in [-0.15, -0.1) is 0 Å². The largest absolute Gasteiger partial charge is 0.444 e. The molecule has 1 fully saturated rings. The van der Waals surface area contributed by atoms with E-state index < -0.39 is 5.60 Å². The first-order valence-corrected chi connectivity index (χ1v) is 8.36.